The zero-order valence-electron chi connectivity index (χ0n) is 8.19. The van der Waals surface area contributed by atoms with Crippen molar-refractivity contribution in [2.24, 2.45) is 0 Å². The second-order valence-electron chi connectivity index (χ2n) is 3.59. The first-order valence-electron chi connectivity index (χ1n) is 4.66. The number of rotatable bonds is 4. The molecule has 4 nitrogen and oxygen atoms in total. The predicted molar refractivity (Wildman–Crippen MR) is 48.7 cm³/mol. The predicted octanol–water partition coefficient (Wildman–Crippen LogP) is 0.570. The molecule has 1 aliphatic rings. The van der Waals surface area contributed by atoms with E-state index < -0.39 is 12.0 Å². The molecule has 76 valence electrons. The maximum atomic E-state index is 10.6. The van der Waals surface area contributed by atoms with Crippen molar-refractivity contribution >= 4 is 5.97 Å². The Morgan fingerprint density at radius 2 is 2.46 bits per heavy atom. The number of ether oxygens (including phenoxy) is 1. The second kappa shape index (κ2) is 4.58. The third kappa shape index (κ3) is 2.97. The first-order chi connectivity index (χ1) is 6.11. The van der Waals surface area contributed by atoms with Crippen molar-refractivity contribution in [3.8, 4) is 0 Å². The number of likely N-dealkylation sites (N-methyl/N-ethyl adjacent to an activating group) is 1. The molecule has 0 spiro atoms. The lowest BCUT2D eigenvalue weighted by atomic mass is 10.2. The summed E-state index contributed by atoms with van der Waals surface area (Å²) < 4.78 is 5.42. The van der Waals surface area contributed by atoms with Gasteiger partial charge in [-0.1, -0.05) is 0 Å². The van der Waals surface area contributed by atoms with Gasteiger partial charge in [-0.15, -0.1) is 0 Å². The highest BCUT2D eigenvalue weighted by Crippen LogP contribution is 2.13. The van der Waals surface area contributed by atoms with E-state index in [0.717, 1.165) is 19.4 Å². The Kier molecular flexibility index (Phi) is 3.69. The van der Waals surface area contributed by atoms with Crippen LogP contribution >= 0.6 is 0 Å². The summed E-state index contributed by atoms with van der Waals surface area (Å²) in [6.45, 7) is 3.23. The summed E-state index contributed by atoms with van der Waals surface area (Å²) in [5.74, 6) is -0.777. The second-order valence-corrected chi connectivity index (χ2v) is 3.59. The van der Waals surface area contributed by atoms with E-state index in [0.29, 0.717) is 6.54 Å². The molecule has 13 heavy (non-hydrogen) atoms. The van der Waals surface area contributed by atoms with Crippen LogP contribution in [0.2, 0.25) is 0 Å². The lowest BCUT2D eigenvalue weighted by Crippen LogP contribution is -2.40. The molecule has 0 radical (unpaired) electrons. The molecule has 0 aromatic heterocycles. The van der Waals surface area contributed by atoms with Crippen molar-refractivity contribution in [1.29, 1.82) is 0 Å². The Labute approximate surface area is 78.5 Å². The van der Waals surface area contributed by atoms with Crippen LogP contribution in [0.3, 0.4) is 0 Å². The van der Waals surface area contributed by atoms with E-state index >= 15 is 0 Å². The summed E-state index contributed by atoms with van der Waals surface area (Å²) >= 11 is 0. The molecule has 0 bridgehead atoms. The van der Waals surface area contributed by atoms with Gasteiger partial charge in [0.15, 0.2) is 0 Å². The highest BCUT2D eigenvalue weighted by Gasteiger charge is 2.22. The van der Waals surface area contributed by atoms with Crippen LogP contribution < -0.4 is 0 Å². The number of carboxylic acids is 1. The molecule has 4 heteroatoms. The topological polar surface area (TPSA) is 49.8 Å². The van der Waals surface area contributed by atoms with Crippen molar-refractivity contribution in [3.63, 3.8) is 0 Å². The van der Waals surface area contributed by atoms with Crippen molar-refractivity contribution in [2.75, 3.05) is 20.2 Å². The monoisotopic (exact) mass is 187 g/mol. The molecule has 1 N–H and O–H groups in total. The first kappa shape index (κ1) is 10.5. The summed E-state index contributed by atoms with van der Waals surface area (Å²) in [4.78, 5) is 12.4. The Morgan fingerprint density at radius 1 is 1.77 bits per heavy atom. The SMILES string of the molecule is CC(C(=O)O)N(C)CC1CCCO1. The maximum absolute atomic E-state index is 10.6. The Bertz CT molecular complexity index is 178. The van der Waals surface area contributed by atoms with Crippen LogP contribution in [0.25, 0.3) is 0 Å². The molecule has 0 saturated carbocycles. The minimum absolute atomic E-state index is 0.229. The summed E-state index contributed by atoms with van der Waals surface area (Å²) in [6.07, 6.45) is 2.38. The first-order valence-corrected chi connectivity index (χ1v) is 4.66. The van der Waals surface area contributed by atoms with Gasteiger partial charge >= 0.3 is 5.97 Å². The van der Waals surface area contributed by atoms with Gasteiger partial charge in [0, 0.05) is 13.2 Å². The van der Waals surface area contributed by atoms with E-state index in [-0.39, 0.29) is 6.10 Å². The zero-order chi connectivity index (χ0) is 9.84. The Morgan fingerprint density at radius 3 is 2.92 bits per heavy atom. The number of carbonyl (C=O) groups is 1. The fourth-order valence-electron chi connectivity index (χ4n) is 1.46. The van der Waals surface area contributed by atoms with Crippen molar-refractivity contribution in [1.82, 2.24) is 4.90 Å². The van der Waals surface area contributed by atoms with Gasteiger partial charge in [0.25, 0.3) is 0 Å². The van der Waals surface area contributed by atoms with Crippen molar-refractivity contribution in [2.45, 2.75) is 31.9 Å². The van der Waals surface area contributed by atoms with E-state index in [2.05, 4.69) is 0 Å². The summed E-state index contributed by atoms with van der Waals surface area (Å²) in [7, 11) is 1.82. The van der Waals surface area contributed by atoms with Gasteiger partial charge in [-0.05, 0) is 26.8 Å². The maximum Gasteiger partial charge on any atom is 0.320 e. The Balaban J connectivity index is 2.30. The van der Waals surface area contributed by atoms with E-state index in [1.165, 1.54) is 0 Å². The number of hydrogen-bond donors (Lipinski definition) is 1. The van der Waals surface area contributed by atoms with Gasteiger partial charge < -0.3 is 9.84 Å². The average molecular weight is 187 g/mol. The van der Waals surface area contributed by atoms with Crippen LogP contribution in [0.1, 0.15) is 19.8 Å². The molecular formula is C9H17NO3. The van der Waals surface area contributed by atoms with Gasteiger partial charge in [0.1, 0.15) is 6.04 Å². The van der Waals surface area contributed by atoms with Crippen molar-refractivity contribution < 1.29 is 14.6 Å². The molecule has 0 aromatic rings. The molecule has 1 rings (SSSR count). The van der Waals surface area contributed by atoms with E-state index in [1.54, 1.807) is 6.92 Å². The summed E-state index contributed by atoms with van der Waals surface area (Å²) in [5.41, 5.74) is 0. The molecule has 1 aliphatic heterocycles. The fourth-order valence-corrected chi connectivity index (χ4v) is 1.46. The largest absolute Gasteiger partial charge is 0.480 e. The van der Waals surface area contributed by atoms with Crippen LogP contribution in [-0.4, -0.2) is 48.3 Å². The highest BCUT2D eigenvalue weighted by molar-refractivity contribution is 5.72. The Hall–Kier alpha value is -0.610. The van der Waals surface area contributed by atoms with Gasteiger partial charge in [-0.25, -0.2) is 0 Å². The number of nitrogens with zero attached hydrogens (tertiary/aromatic N) is 1. The lowest BCUT2D eigenvalue weighted by molar-refractivity contribution is -0.142. The molecule has 1 saturated heterocycles. The quantitative estimate of drug-likeness (QED) is 0.699. The van der Waals surface area contributed by atoms with Crippen molar-refractivity contribution in [3.05, 3.63) is 0 Å². The standard InChI is InChI=1S/C9H17NO3/c1-7(9(11)12)10(2)6-8-4-3-5-13-8/h7-8H,3-6H2,1-2H3,(H,11,12). The summed E-state index contributed by atoms with van der Waals surface area (Å²) in [5, 5.41) is 8.74. The number of hydrogen-bond acceptors (Lipinski definition) is 3. The molecule has 0 aliphatic carbocycles. The lowest BCUT2D eigenvalue weighted by Gasteiger charge is -2.23. The van der Waals surface area contributed by atoms with Gasteiger partial charge in [-0.3, -0.25) is 9.69 Å². The third-order valence-corrected chi connectivity index (χ3v) is 2.53. The molecule has 2 unspecified atom stereocenters. The zero-order valence-corrected chi connectivity index (χ0v) is 8.19. The van der Waals surface area contributed by atoms with Crippen LogP contribution in [0.5, 0.6) is 0 Å². The highest BCUT2D eigenvalue weighted by atomic mass is 16.5. The van der Waals surface area contributed by atoms with Gasteiger partial charge in [0.2, 0.25) is 0 Å². The smallest absolute Gasteiger partial charge is 0.320 e. The van der Waals surface area contributed by atoms with Gasteiger partial charge in [-0.2, -0.15) is 0 Å². The molecule has 0 amide bonds. The summed E-state index contributed by atoms with van der Waals surface area (Å²) in [6, 6.07) is -0.427. The van der Waals surface area contributed by atoms with Gasteiger partial charge in [0.05, 0.1) is 6.10 Å². The van der Waals surface area contributed by atoms with E-state index in [9.17, 15) is 4.79 Å². The molecule has 0 aromatic carbocycles. The third-order valence-electron chi connectivity index (χ3n) is 2.53. The van der Waals surface area contributed by atoms with Crippen LogP contribution in [0.4, 0.5) is 0 Å². The molecule has 1 heterocycles. The molecule has 2 atom stereocenters. The number of aliphatic carboxylic acids is 1. The van der Waals surface area contributed by atoms with Crippen LogP contribution in [0, 0.1) is 0 Å². The van der Waals surface area contributed by atoms with Crippen LogP contribution in [0.15, 0.2) is 0 Å². The normalized spacial score (nSPS) is 25.0. The average Bonchev–Trinajstić information content (AvgIpc) is 2.55. The van der Waals surface area contributed by atoms with E-state index in [4.69, 9.17) is 9.84 Å². The minimum Gasteiger partial charge on any atom is -0.480 e. The minimum atomic E-state index is -0.777. The number of carboxylic acid groups (broad SMARTS) is 1. The molecule has 1 fully saturated rings. The fraction of sp³-hybridized carbons (Fsp3) is 0.889. The van der Waals surface area contributed by atoms with Crippen LogP contribution in [-0.2, 0) is 9.53 Å². The van der Waals surface area contributed by atoms with E-state index in [1.807, 2.05) is 11.9 Å². The molecular weight excluding hydrogens is 170 g/mol.